The van der Waals surface area contributed by atoms with Crippen molar-refractivity contribution in [1.29, 1.82) is 0 Å². The average molecular weight is 260 g/mol. The van der Waals surface area contributed by atoms with E-state index in [0.29, 0.717) is 6.54 Å². The molecular formula is C11H20N2O5. The lowest BCUT2D eigenvalue weighted by atomic mass is 10.3. The van der Waals surface area contributed by atoms with Gasteiger partial charge < -0.3 is 19.6 Å². The Labute approximate surface area is 106 Å². The SMILES string of the molecule is CCN(CCC(=O)O)C(=O)N(C)CCC(=O)OC. The number of carbonyl (C=O) groups excluding carboxylic acids is 2. The minimum Gasteiger partial charge on any atom is -0.481 e. The van der Waals surface area contributed by atoms with Gasteiger partial charge in [-0.15, -0.1) is 0 Å². The van der Waals surface area contributed by atoms with Gasteiger partial charge in [-0.1, -0.05) is 0 Å². The minimum atomic E-state index is -0.946. The molecule has 104 valence electrons. The topological polar surface area (TPSA) is 87.2 Å². The third-order valence-corrected chi connectivity index (χ3v) is 2.45. The van der Waals surface area contributed by atoms with Crippen LogP contribution in [0.1, 0.15) is 19.8 Å². The lowest BCUT2D eigenvalue weighted by Crippen LogP contribution is -2.42. The van der Waals surface area contributed by atoms with Crippen LogP contribution in [0.2, 0.25) is 0 Å². The van der Waals surface area contributed by atoms with E-state index >= 15 is 0 Å². The molecule has 0 aromatic rings. The molecule has 7 heteroatoms. The van der Waals surface area contributed by atoms with Crippen molar-refractivity contribution in [1.82, 2.24) is 9.80 Å². The summed E-state index contributed by atoms with van der Waals surface area (Å²) in [5.41, 5.74) is 0. The van der Waals surface area contributed by atoms with Gasteiger partial charge in [-0.2, -0.15) is 0 Å². The van der Waals surface area contributed by atoms with Crippen molar-refractivity contribution >= 4 is 18.0 Å². The van der Waals surface area contributed by atoms with E-state index in [9.17, 15) is 14.4 Å². The maximum Gasteiger partial charge on any atom is 0.319 e. The number of aliphatic carboxylic acids is 1. The summed E-state index contributed by atoms with van der Waals surface area (Å²) in [4.78, 5) is 36.1. The molecule has 0 unspecified atom stereocenters. The van der Waals surface area contributed by atoms with Crippen LogP contribution in [-0.4, -0.2) is 66.7 Å². The molecule has 0 aliphatic heterocycles. The van der Waals surface area contributed by atoms with Gasteiger partial charge in [0.2, 0.25) is 0 Å². The molecule has 0 radical (unpaired) electrons. The molecule has 0 aromatic heterocycles. The van der Waals surface area contributed by atoms with Crippen LogP contribution in [-0.2, 0) is 14.3 Å². The maximum absolute atomic E-state index is 11.9. The van der Waals surface area contributed by atoms with Crippen molar-refractivity contribution in [3.05, 3.63) is 0 Å². The number of rotatable bonds is 7. The number of methoxy groups -OCH3 is 1. The molecular weight excluding hydrogens is 240 g/mol. The molecule has 0 bridgehead atoms. The van der Waals surface area contributed by atoms with Gasteiger partial charge in [-0.25, -0.2) is 4.79 Å². The summed E-state index contributed by atoms with van der Waals surface area (Å²) in [7, 11) is 2.85. The fourth-order valence-electron chi connectivity index (χ4n) is 1.32. The summed E-state index contributed by atoms with van der Waals surface area (Å²) in [6.45, 7) is 2.60. The first-order valence-corrected chi connectivity index (χ1v) is 5.71. The van der Waals surface area contributed by atoms with E-state index in [-0.39, 0.29) is 37.9 Å². The quantitative estimate of drug-likeness (QED) is 0.669. The van der Waals surface area contributed by atoms with Crippen molar-refractivity contribution in [2.75, 3.05) is 33.8 Å². The van der Waals surface area contributed by atoms with Crippen molar-refractivity contribution in [3.8, 4) is 0 Å². The molecule has 0 aliphatic carbocycles. The number of nitrogens with zero attached hydrogens (tertiary/aromatic N) is 2. The van der Waals surface area contributed by atoms with Crippen molar-refractivity contribution in [3.63, 3.8) is 0 Å². The number of carboxylic acids is 1. The van der Waals surface area contributed by atoms with Crippen LogP contribution in [0.5, 0.6) is 0 Å². The Morgan fingerprint density at radius 2 is 1.78 bits per heavy atom. The van der Waals surface area contributed by atoms with Crippen LogP contribution in [0.25, 0.3) is 0 Å². The standard InChI is InChI=1S/C11H20N2O5/c1-4-13(8-5-9(14)15)11(17)12(2)7-6-10(16)18-3/h4-8H2,1-3H3,(H,14,15). The summed E-state index contributed by atoms with van der Waals surface area (Å²) >= 11 is 0. The number of hydrogen-bond donors (Lipinski definition) is 1. The Bertz CT molecular complexity index is 306. The van der Waals surface area contributed by atoms with Crippen molar-refractivity contribution in [2.24, 2.45) is 0 Å². The maximum atomic E-state index is 11.9. The molecule has 2 amide bonds. The molecule has 1 N–H and O–H groups in total. The number of esters is 1. The van der Waals surface area contributed by atoms with Gasteiger partial charge in [0.25, 0.3) is 0 Å². The van der Waals surface area contributed by atoms with Gasteiger partial charge in [-0.3, -0.25) is 9.59 Å². The number of carbonyl (C=O) groups is 3. The van der Waals surface area contributed by atoms with Gasteiger partial charge >= 0.3 is 18.0 Å². The van der Waals surface area contributed by atoms with Crippen LogP contribution in [0.15, 0.2) is 0 Å². The van der Waals surface area contributed by atoms with Gasteiger partial charge in [0.15, 0.2) is 0 Å². The van der Waals surface area contributed by atoms with E-state index in [1.807, 2.05) is 0 Å². The highest BCUT2D eigenvalue weighted by Crippen LogP contribution is 2.00. The number of carboxylic acid groups (broad SMARTS) is 1. The van der Waals surface area contributed by atoms with E-state index in [1.165, 1.54) is 16.9 Å². The van der Waals surface area contributed by atoms with Crippen LogP contribution in [0.3, 0.4) is 0 Å². The Morgan fingerprint density at radius 3 is 2.22 bits per heavy atom. The fraction of sp³-hybridized carbons (Fsp3) is 0.727. The summed E-state index contributed by atoms with van der Waals surface area (Å²) in [6, 6.07) is -0.289. The highest BCUT2D eigenvalue weighted by Gasteiger charge is 2.17. The highest BCUT2D eigenvalue weighted by molar-refractivity contribution is 5.76. The largest absolute Gasteiger partial charge is 0.481 e. The zero-order chi connectivity index (χ0) is 14.1. The Balaban J connectivity index is 4.22. The molecule has 0 spiro atoms. The zero-order valence-corrected chi connectivity index (χ0v) is 11.0. The van der Waals surface area contributed by atoms with E-state index < -0.39 is 5.97 Å². The van der Waals surface area contributed by atoms with Crippen LogP contribution >= 0.6 is 0 Å². The molecule has 0 aliphatic rings. The first-order valence-electron chi connectivity index (χ1n) is 5.71. The Morgan fingerprint density at radius 1 is 1.17 bits per heavy atom. The number of hydrogen-bond acceptors (Lipinski definition) is 4. The highest BCUT2D eigenvalue weighted by atomic mass is 16.5. The van der Waals surface area contributed by atoms with E-state index in [0.717, 1.165) is 0 Å². The van der Waals surface area contributed by atoms with Crippen molar-refractivity contribution in [2.45, 2.75) is 19.8 Å². The van der Waals surface area contributed by atoms with Crippen LogP contribution in [0, 0.1) is 0 Å². The molecule has 0 aromatic carbocycles. The molecule has 0 saturated carbocycles. The second kappa shape index (κ2) is 8.32. The number of urea groups is 1. The van der Waals surface area contributed by atoms with E-state index in [2.05, 4.69) is 4.74 Å². The van der Waals surface area contributed by atoms with Gasteiger partial charge in [0.1, 0.15) is 0 Å². The van der Waals surface area contributed by atoms with Crippen LogP contribution in [0.4, 0.5) is 4.79 Å². The zero-order valence-electron chi connectivity index (χ0n) is 11.0. The number of amides is 2. The van der Waals surface area contributed by atoms with Gasteiger partial charge in [0.05, 0.1) is 20.0 Å². The van der Waals surface area contributed by atoms with Crippen LogP contribution < -0.4 is 0 Å². The second-order valence-electron chi connectivity index (χ2n) is 3.75. The monoisotopic (exact) mass is 260 g/mol. The summed E-state index contributed by atoms with van der Waals surface area (Å²) in [6.07, 6.45) is 0.0274. The van der Waals surface area contributed by atoms with Gasteiger partial charge in [-0.05, 0) is 6.92 Å². The minimum absolute atomic E-state index is 0.0928. The van der Waals surface area contributed by atoms with E-state index in [1.54, 1.807) is 14.0 Å². The lowest BCUT2D eigenvalue weighted by Gasteiger charge is -2.26. The molecule has 7 nitrogen and oxygen atoms in total. The summed E-state index contributed by atoms with van der Waals surface area (Å²) in [5.74, 6) is -1.33. The molecule has 0 saturated heterocycles. The normalized spacial score (nSPS) is 9.72. The second-order valence-corrected chi connectivity index (χ2v) is 3.75. The molecule has 0 fully saturated rings. The van der Waals surface area contributed by atoms with Gasteiger partial charge in [0, 0.05) is 26.7 Å². The summed E-state index contributed by atoms with van der Waals surface area (Å²) in [5, 5.41) is 8.57. The number of ether oxygens (including phenoxy) is 1. The molecule has 18 heavy (non-hydrogen) atoms. The van der Waals surface area contributed by atoms with Crippen molar-refractivity contribution < 1.29 is 24.2 Å². The third-order valence-electron chi connectivity index (χ3n) is 2.45. The Kier molecular flexibility index (Phi) is 7.50. The first-order chi connectivity index (χ1) is 8.42. The fourth-order valence-corrected chi connectivity index (χ4v) is 1.32. The van der Waals surface area contributed by atoms with E-state index in [4.69, 9.17) is 5.11 Å². The smallest absolute Gasteiger partial charge is 0.319 e. The molecule has 0 rings (SSSR count). The molecule has 0 heterocycles. The third kappa shape index (κ3) is 6.07. The predicted molar refractivity (Wildman–Crippen MR) is 64.2 cm³/mol. The average Bonchev–Trinajstić information content (AvgIpc) is 2.35. The first kappa shape index (κ1) is 16.2. The predicted octanol–water partition coefficient (Wildman–Crippen LogP) is 0.398. The summed E-state index contributed by atoms with van der Waals surface area (Å²) < 4.78 is 4.48. The lowest BCUT2D eigenvalue weighted by molar-refractivity contribution is -0.140. The molecule has 0 atom stereocenters. The Hall–Kier alpha value is -1.79.